The van der Waals surface area contributed by atoms with Gasteiger partial charge in [-0.3, -0.25) is 4.79 Å². The second kappa shape index (κ2) is 5.25. The lowest BCUT2D eigenvalue weighted by Gasteiger charge is -2.25. The molecule has 0 heterocycles. The molecule has 0 aromatic carbocycles. The Labute approximate surface area is 81.7 Å². The van der Waals surface area contributed by atoms with Gasteiger partial charge in [-0.15, -0.1) is 0 Å². The predicted octanol–water partition coefficient (Wildman–Crippen LogP) is 3.01. The fourth-order valence-corrected chi connectivity index (χ4v) is 0.796. The minimum Gasteiger partial charge on any atom is -0.465 e. The number of rotatable bonds is 4. The summed E-state index contributed by atoms with van der Waals surface area (Å²) in [6.45, 7) is 10.7. The van der Waals surface area contributed by atoms with Crippen molar-refractivity contribution in [3.63, 3.8) is 0 Å². The molecule has 1 atom stereocenters. The molecule has 0 saturated carbocycles. The van der Waals surface area contributed by atoms with Crippen LogP contribution in [0.25, 0.3) is 0 Å². The average molecular weight is 186 g/mol. The summed E-state index contributed by atoms with van der Waals surface area (Å²) in [5.41, 5.74) is 0.00327. The number of carbonyl (C=O) groups excluding carboxylic acids is 1. The van der Waals surface area contributed by atoms with E-state index in [1.165, 1.54) is 0 Å². The van der Waals surface area contributed by atoms with Gasteiger partial charge in [0.15, 0.2) is 0 Å². The Morgan fingerprint density at radius 3 is 2.31 bits per heavy atom. The van der Waals surface area contributed by atoms with Crippen molar-refractivity contribution in [2.45, 2.75) is 47.5 Å². The fraction of sp³-hybridized carbons (Fsp3) is 0.909. The third kappa shape index (κ3) is 4.91. The molecule has 13 heavy (non-hydrogen) atoms. The van der Waals surface area contributed by atoms with E-state index in [0.717, 1.165) is 12.8 Å². The molecule has 0 radical (unpaired) electrons. The molecule has 2 nitrogen and oxygen atoms in total. The van der Waals surface area contributed by atoms with Gasteiger partial charge in [-0.1, -0.05) is 41.0 Å². The van der Waals surface area contributed by atoms with Gasteiger partial charge < -0.3 is 4.74 Å². The summed E-state index contributed by atoms with van der Waals surface area (Å²) in [6.07, 6.45) is 2.03. The first kappa shape index (κ1) is 12.5. The average Bonchev–Trinajstić information content (AvgIpc) is 2.01. The molecule has 0 rings (SSSR count). The molecule has 0 aromatic heterocycles. The van der Waals surface area contributed by atoms with Crippen LogP contribution in [0.1, 0.15) is 47.5 Å². The second-order valence-corrected chi connectivity index (χ2v) is 4.61. The number of unbranched alkanes of at least 4 members (excludes halogenated alkanes) is 1. The number of hydrogen-bond acceptors (Lipinski definition) is 2. The van der Waals surface area contributed by atoms with Crippen LogP contribution in [0.3, 0.4) is 0 Å². The highest BCUT2D eigenvalue weighted by atomic mass is 16.5. The summed E-state index contributed by atoms with van der Waals surface area (Å²) >= 11 is 0. The van der Waals surface area contributed by atoms with Gasteiger partial charge in [0.1, 0.15) is 0 Å². The van der Waals surface area contributed by atoms with E-state index in [1.54, 1.807) is 0 Å². The summed E-state index contributed by atoms with van der Waals surface area (Å²) in [6, 6.07) is 0. The molecule has 0 N–H and O–H groups in total. The largest absolute Gasteiger partial charge is 0.465 e. The van der Waals surface area contributed by atoms with E-state index in [-0.39, 0.29) is 17.3 Å². The number of hydrogen-bond donors (Lipinski definition) is 0. The first-order valence-electron chi connectivity index (χ1n) is 5.06. The molecule has 0 aliphatic heterocycles. The molecule has 0 saturated heterocycles. The number of carbonyl (C=O) groups is 1. The van der Waals surface area contributed by atoms with E-state index >= 15 is 0 Å². The van der Waals surface area contributed by atoms with Crippen molar-refractivity contribution < 1.29 is 9.53 Å². The third-order valence-corrected chi connectivity index (χ3v) is 2.39. The monoisotopic (exact) mass is 186 g/mol. The molecule has 0 amide bonds. The van der Waals surface area contributed by atoms with Crippen molar-refractivity contribution >= 4 is 5.97 Å². The van der Waals surface area contributed by atoms with Crippen LogP contribution in [0.5, 0.6) is 0 Å². The Morgan fingerprint density at radius 2 is 1.92 bits per heavy atom. The predicted molar refractivity (Wildman–Crippen MR) is 54.5 cm³/mol. The maximum atomic E-state index is 11.4. The van der Waals surface area contributed by atoms with Crippen LogP contribution in [0.4, 0.5) is 0 Å². The van der Waals surface area contributed by atoms with E-state index in [2.05, 4.69) is 27.7 Å². The van der Waals surface area contributed by atoms with Crippen LogP contribution in [0, 0.1) is 11.3 Å². The highest BCUT2D eigenvalue weighted by molar-refractivity contribution is 5.72. The standard InChI is InChI=1S/C11H22O2/c1-6-7-8-13-10(12)9(2)11(3,4)5/h9H,6-8H2,1-5H3/t9-/m0/s1. The molecule has 0 bridgehead atoms. The fourth-order valence-electron chi connectivity index (χ4n) is 0.796. The van der Waals surface area contributed by atoms with Crippen LogP contribution in [0.2, 0.25) is 0 Å². The molecule has 0 aliphatic rings. The van der Waals surface area contributed by atoms with E-state index in [1.807, 2.05) is 6.92 Å². The van der Waals surface area contributed by atoms with Crippen molar-refractivity contribution in [3.05, 3.63) is 0 Å². The van der Waals surface area contributed by atoms with E-state index < -0.39 is 0 Å². The molecular formula is C11H22O2. The first-order chi connectivity index (χ1) is 5.89. The van der Waals surface area contributed by atoms with Crippen LogP contribution in [-0.2, 0) is 9.53 Å². The maximum absolute atomic E-state index is 11.4. The summed E-state index contributed by atoms with van der Waals surface area (Å²) < 4.78 is 5.13. The van der Waals surface area contributed by atoms with Crippen LogP contribution in [-0.4, -0.2) is 12.6 Å². The van der Waals surface area contributed by atoms with E-state index in [0.29, 0.717) is 6.61 Å². The molecule has 0 aliphatic carbocycles. The van der Waals surface area contributed by atoms with Crippen molar-refractivity contribution in [1.29, 1.82) is 0 Å². The van der Waals surface area contributed by atoms with Gasteiger partial charge in [0.2, 0.25) is 0 Å². The maximum Gasteiger partial charge on any atom is 0.309 e. The van der Waals surface area contributed by atoms with Gasteiger partial charge in [0.05, 0.1) is 12.5 Å². The van der Waals surface area contributed by atoms with Gasteiger partial charge in [-0.05, 0) is 11.8 Å². The van der Waals surface area contributed by atoms with Crippen LogP contribution >= 0.6 is 0 Å². The topological polar surface area (TPSA) is 26.3 Å². The van der Waals surface area contributed by atoms with Gasteiger partial charge in [-0.2, -0.15) is 0 Å². The lowest BCUT2D eigenvalue weighted by atomic mass is 9.82. The molecule has 0 spiro atoms. The lowest BCUT2D eigenvalue weighted by molar-refractivity contribution is -0.151. The van der Waals surface area contributed by atoms with Crippen molar-refractivity contribution in [3.8, 4) is 0 Å². The Hall–Kier alpha value is -0.530. The summed E-state index contributed by atoms with van der Waals surface area (Å²) in [5.74, 6) is -0.0923. The van der Waals surface area contributed by atoms with E-state index in [4.69, 9.17) is 4.74 Å². The van der Waals surface area contributed by atoms with E-state index in [9.17, 15) is 4.79 Å². The zero-order chi connectivity index (χ0) is 10.5. The molecule has 0 aromatic rings. The third-order valence-electron chi connectivity index (χ3n) is 2.39. The van der Waals surface area contributed by atoms with Crippen LogP contribution < -0.4 is 0 Å². The minimum absolute atomic E-state index is 0.00327. The lowest BCUT2D eigenvalue weighted by Crippen LogP contribution is -2.27. The number of ether oxygens (including phenoxy) is 1. The summed E-state index contributed by atoms with van der Waals surface area (Å²) in [4.78, 5) is 11.4. The smallest absolute Gasteiger partial charge is 0.309 e. The first-order valence-corrected chi connectivity index (χ1v) is 5.06. The van der Waals surface area contributed by atoms with Crippen LogP contribution in [0.15, 0.2) is 0 Å². The van der Waals surface area contributed by atoms with Crippen molar-refractivity contribution in [1.82, 2.24) is 0 Å². The Morgan fingerprint density at radius 1 is 1.38 bits per heavy atom. The number of esters is 1. The van der Waals surface area contributed by atoms with Gasteiger partial charge in [-0.25, -0.2) is 0 Å². The normalized spacial score (nSPS) is 13.9. The minimum atomic E-state index is -0.0686. The van der Waals surface area contributed by atoms with Gasteiger partial charge in [0, 0.05) is 0 Å². The molecule has 0 unspecified atom stereocenters. The zero-order valence-corrected chi connectivity index (χ0v) is 9.52. The van der Waals surface area contributed by atoms with Crippen molar-refractivity contribution in [2.75, 3.05) is 6.61 Å². The molecule has 0 fully saturated rings. The SMILES string of the molecule is CCCCOC(=O)[C@H](C)C(C)(C)C. The Balaban J connectivity index is 3.84. The van der Waals surface area contributed by atoms with Gasteiger partial charge >= 0.3 is 5.97 Å². The quantitative estimate of drug-likeness (QED) is 0.498. The molecule has 2 heteroatoms. The molecular weight excluding hydrogens is 164 g/mol. The highest BCUT2D eigenvalue weighted by Gasteiger charge is 2.27. The summed E-state index contributed by atoms with van der Waals surface area (Å²) in [5, 5.41) is 0. The molecule has 78 valence electrons. The zero-order valence-electron chi connectivity index (χ0n) is 9.52. The second-order valence-electron chi connectivity index (χ2n) is 4.61. The highest BCUT2D eigenvalue weighted by Crippen LogP contribution is 2.26. The summed E-state index contributed by atoms with van der Waals surface area (Å²) in [7, 11) is 0. The Bertz CT molecular complexity index is 156. The van der Waals surface area contributed by atoms with Crippen molar-refractivity contribution in [2.24, 2.45) is 11.3 Å². The Kier molecular flexibility index (Phi) is 5.04. The van der Waals surface area contributed by atoms with Gasteiger partial charge in [0.25, 0.3) is 0 Å².